The third-order valence-electron chi connectivity index (χ3n) is 6.25. The summed E-state index contributed by atoms with van der Waals surface area (Å²) in [6.45, 7) is 3.03. The summed E-state index contributed by atoms with van der Waals surface area (Å²) in [4.78, 5) is 15.1. The second-order valence-corrected chi connectivity index (χ2v) is 9.07. The Hall–Kier alpha value is -2.15. The van der Waals surface area contributed by atoms with Crippen LogP contribution < -0.4 is 0 Å². The van der Waals surface area contributed by atoms with Gasteiger partial charge in [-0.25, -0.2) is 4.39 Å². The van der Waals surface area contributed by atoms with Crippen molar-refractivity contribution in [3.05, 3.63) is 62.8 Å². The van der Waals surface area contributed by atoms with E-state index < -0.39 is 12.3 Å². The van der Waals surface area contributed by atoms with E-state index in [2.05, 4.69) is 5.10 Å². The molecule has 31 heavy (non-hydrogen) atoms. The number of halogens is 3. The third kappa shape index (κ3) is 3.71. The molecule has 8 heteroatoms. The first-order valence-electron chi connectivity index (χ1n) is 10.2. The molecule has 1 aliphatic heterocycles. The number of alkyl halides is 1. The summed E-state index contributed by atoms with van der Waals surface area (Å²) < 4.78 is 15.1. The fraction of sp³-hybridized carbons (Fsp3) is 0.391. The highest BCUT2D eigenvalue weighted by molar-refractivity contribution is 6.37. The van der Waals surface area contributed by atoms with Gasteiger partial charge < -0.3 is 10.0 Å². The van der Waals surface area contributed by atoms with Gasteiger partial charge in [-0.1, -0.05) is 41.4 Å². The molecular formula is C23H24Cl2FN3O2. The van der Waals surface area contributed by atoms with Crippen molar-refractivity contribution in [1.29, 1.82) is 0 Å². The van der Waals surface area contributed by atoms with Crippen LogP contribution in [0.3, 0.4) is 0 Å². The number of hydrogen-bond acceptors (Lipinski definition) is 3. The van der Waals surface area contributed by atoms with Crippen LogP contribution in [0.2, 0.25) is 10.2 Å². The average Bonchev–Trinajstić information content (AvgIpc) is 3.03. The summed E-state index contributed by atoms with van der Waals surface area (Å²) in [5, 5.41) is 16.2. The van der Waals surface area contributed by atoms with Crippen LogP contribution in [-0.4, -0.2) is 38.9 Å². The monoisotopic (exact) mass is 463 g/mol. The number of hydrogen-bond donors (Lipinski definition) is 1. The van der Waals surface area contributed by atoms with Gasteiger partial charge in [0.2, 0.25) is 5.91 Å². The Morgan fingerprint density at radius 2 is 2.06 bits per heavy atom. The zero-order valence-electron chi connectivity index (χ0n) is 17.6. The Balaban J connectivity index is 1.66. The van der Waals surface area contributed by atoms with E-state index in [1.54, 1.807) is 34.8 Å². The number of aryl methyl sites for hydroxylation is 1. The number of amides is 1. The lowest BCUT2D eigenvalue weighted by Crippen LogP contribution is -2.41. The van der Waals surface area contributed by atoms with E-state index >= 15 is 0 Å². The number of aromatic nitrogens is 2. The fourth-order valence-electron chi connectivity index (χ4n) is 4.56. The second kappa shape index (κ2) is 8.08. The van der Waals surface area contributed by atoms with Crippen molar-refractivity contribution in [3.63, 3.8) is 0 Å². The van der Waals surface area contributed by atoms with Crippen LogP contribution in [0, 0.1) is 0 Å². The topological polar surface area (TPSA) is 58.4 Å². The SMILES string of the molecule is C[C@H]1c2cccc(C(C)(O)CF)c2CCN1C(=O)Cc1c(Cl)ccc2c1c(Cl)nn2C. The largest absolute Gasteiger partial charge is 0.383 e. The van der Waals surface area contributed by atoms with Gasteiger partial charge in [-0.15, -0.1) is 0 Å². The van der Waals surface area contributed by atoms with Crippen LogP contribution in [0.5, 0.6) is 0 Å². The quantitative estimate of drug-likeness (QED) is 0.607. The predicted molar refractivity (Wildman–Crippen MR) is 120 cm³/mol. The third-order valence-corrected chi connectivity index (χ3v) is 6.87. The van der Waals surface area contributed by atoms with Crippen molar-refractivity contribution in [1.82, 2.24) is 14.7 Å². The minimum atomic E-state index is -1.54. The molecule has 1 aliphatic rings. The van der Waals surface area contributed by atoms with Crippen LogP contribution in [0.4, 0.5) is 4.39 Å². The first-order valence-corrected chi connectivity index (χ1v) is 10.9. The standard InChI is InChI=1S/C23H24Cl2FN3O2/c1-13-14-5-4-6-17(23(2,31)12-26)15(14)9-10-29(13)20(30)11-16-18(24)7-8-19-21(16)22(25)27-28(19)3/h4-8,13,31H,9-12H2,1-3H3/t13-,23?/m0/s1. The summed E-state index contributed by atoms with van der Waals surface area (Å²) in [6.07, 6.45) is 0.645. The summed E-state index contributed by atoms with van der Waals surface area (Å²) in [7, 11) is 1.79. The average molecular weight is 464 g/mol. The molecule has 1 unspecified atom stereocenters. The first-order chi connectivity index (χ1) is 14.7. The molecule has 1 amide bonds. The number of aliphatic hydroxyl groups is 1. The van der Waals surface area contributed by atoms with E-state index in [1.165, 1.54) is 6.92 Å². The van der Waals surface area contributed by atoms with Gasteiger partial charge in [0.05, 0.1) is 18.0 Å². The highest BCUT2D eigenvalue weighted by atomic mass is 35.5. The summed E-state index contributed by atoms with van der Waals surface area (Å²) in [5.74, 6) is -0.0740. The Labute approximate surface area is 190 Å². The molecule has 0 saturated carbocycles. The van der Waals surface area contributed by atoms with E-state index in [9.17, 15) is 14.3 Å². The molecule has 3 aromatic rings. The van der Waals surface area contributed by atoms with Crippen molar-refractivity contribution in [2.45, 2.75) is 38.3 Å². The van der Waals surface area contributed by atoms with Gasteiger partial charge in [-0.3, -0.25) is 9.48 Å². The molecule has 2 heterocycles. The normalized spacial score (nSPS) is 18.2. The van der Waals surface area contributed by atoms with Gasteiger partial charge in [-0.05, 0) is 54.7 Å². The summed E-state index contributed by atoms with van der Waals surface area (Å²) in [5.41, 5.74) is 2.35. The smallest absolute Gasteiger partial charge is 0.227 e. The fourth-order valence-corrected chi connectivity index (χ4v) is 5.11. The number of carbonyl (C=O) groups is 1. The van der Waals surface area contributed by atoms with E-state index in [1.807, 2.05) is 19.1 Å². The van der Waals surface area contributed by atoms with Crippen LogP contribution in [0.15, 0.2) is 30.3 Å². The van der Waals surface area contributed by atoms with Crippen LogP contribution >= 0.6 is 23.2 Å². The molecule has 0 radical (unpaired) electrons. The molecule has 0 saturated heterocycles. The Morgan fingerprint density at radius 1 is 1.32 bits per heavy atom. The Morgan fingerprint density at radius 3 is 2.77 bits per heavy atom. The van der Waals surface area contributed by atoms with Gasteiger partial charge in [0.25, 0.3) is 0 Å². The molecule has 4 rings (SSSR count). The van der Waals surface area contributed by atoms with Crippen LogP contribution in [-0.2, 0) is 30.3 Å². The Bertz CT molecular complexity index is 1180. The van der Waals surface area contributed by atoms with E-state index in [4.69, 9.17) is 23.2 Å². The molecule has 0 spiro atoms. The van der Waals surface area contributed by atoms with Crippen LogP contribution in [0.25, 0.3) is 10.9 Å². The van der Waals surface area contributed by atoms with Crippen molar-refractivity contribution in [2.24, 2.45) is 7.05 Å². The van der Waals surface area contributed by atoms with Crippen molar-refractivity contribution < 1.29 is 14.3 Å². The maximum atomic E-state index is 13.4. The van der Waals surface area contributed by atoms with Gasteiger partial charge in [0.1, 0.15) is 12.3 Å². The molecular weight excluding hydrogens is 440 g/mol. The van der Waals surface area contributed by atoms with E-state index in [0.717, 1.165) is 16.6 Å². The highest BCUT2D eigenvalue weighted by Crippen LogP contribution is 2.37. The van der Waals surface area contributed by atoms with Gasteiger partial charge in [0, 0.05) is 24.0 Å². The number of fused-ring (bicyclic) bond motifs is 2. The maximum absolute atomic E-state index is 13.4. The number of rotatable bonds is 4. The minimum Gasteiger partial charge on any atom is -0.383 e. The summed E-state index contributed by atoms with van der Waals surface area (Å²) in [6, 6.07) is 8.87. The molecule has 2 aromatic carbocycles. The molecule has 164 valence electrons. The molecule has 2 atom stereocenters. The van der Waals surface area contributed by atoms with Crippen molar-refractivity contribution >= 4 is 40.0 Å². The first kappa shape index (κ1) is 22.1. The van der Waals surface area contributed by atoms with Crippen LogP contribution in [0.1, 0.15) is 42.1 Å². The number of nitrogens with zero attached hydrogens (tertiary/aromatic N) is 3. The van der Waals surface area contributed by atoms with E-state index in [-0.39, 0.29) is 18.4 Å². The lowest BCUT2D eigenvalue weighted by molar-refractivity contribution is -0.133. The van der Waals surface area contributed by atoms with Gasteiger partial charge in [-0.2, -0.15) is 5.10 Å². The maximum Gasteiger partial charge on any atom is 0.227 e. The second-order valence-electron chi connectivity index (χ2n) is 8.31. The molecule has 0 aliphatic carbocycles. The summed E-state index contributed by atoms with van der Waals surface area (Å²) >= 11 is 12.8. The minimum absolute atomic E-state index is 0.0740. The number of carbonyl (C=O) groups excluding carboxylic acids is 1. The van der Waals surface area contributed by atoms with Gasteiger partial charge in [0.15, 0.2) is 5.15 Å². The van der Waals surface area contributed by atoms with E-state index in [0.29, 0.717) is 39.7 Å². The zero-order chi connectivity index (χ0) is 22.5. The van der Waals surface area contributed by atoms with Crippen molar-refractivity contribution in [2.75, 3.05) is 13.2 Å². The molecule has 0 fully saturated rings. The number of benzene rings is 2. The highest BCUT2D eigenvalue weighted by Gasteiger charge is 2.34. The predicted octanol–water partition coefficient (Wildman–Crippen LogP) is 4.75. The molecule has 0 bridgehead atoms. The van der Waals surface area contributed by atoms with Crippen molar-refractivity contribution in [3.8, 4) is 0 Å². The Kier molecular flexibility index (Phi) is 5.75. The lowest BCUT2D eigenvalue weighted by Gasteiger charge is -2.38. The molecule has 1 N–H and O–H groups in total. The zero-order valence-corrected chi connectivity index (χ0v) is 19.1. The van der Waals surface area contributed by atoms with Gasteiger partial charge >= 0.3 is 0 Å². The lowest BCUT2D eigenvalue weighted by atomic mass is 9.83. The molecule has 1 aromatic heterocycles. The molecule has 5 nitrogen and oxygen atoms in total.